The molecule has 4 nitrogen and oxygen atoms in total. The van der Waals surface area contributed by atoms with E-state index in [1.807, 2.05) is 11.4 Å². The Kier molecular flexibility index (Phi) is 2.27. The van der Waals surface area contributed by atoms with Gasteiger partial charge in [0.05, 0.1) is 6.54 Å². The molecule has 2 aromatic rings. The molecule has 0 unspecified atom stereocenters. The maximum Gasteiger partial charge on any atom is 0.321 e. The van der Waals surface area contributed by atoms with Crippen LogP contribution >= 0.6 is 11.3 Å². The Morgan fingerprint density at radius 3 is 3.15 bits per heavy atom. The lowest BCUT2D eigenvalue weighted by molar-refractivity contribution is 0.425. The number of hydrogen-bond donors (Lipinski definition) is 1. The molecular weight excluding hydrogens is 186 g/mol. The molecule has 13 heavy (non-hydrogen) atoms. The fourth-order valence-electron chi connectivity index (χ4n) is 0.945. The van der Waals surface area contributed by atoms with Crippen LogP contribution in [0.2, 0.25) is 0 Å². The third-order valence-corrected chi connectivity index (χ3v) is 2.40. The third-order valence-electron chi connectivity index (χ3n) is 1.52. The number of rotatable bonds is 3. The van der Waals surface area contributed by atoms with Crippen molar-refractivity contribution in [3.8, 4) is 0 Å². The van der Waals surface area contributed by atoms with E-state index in [0.29, 0.717) is 11.8 Å². The van der Waals surface area contributed by atoms with Gasteiger partial charge >= 0.3 is 6.01 Å². The molecule has 2 heterocycles. The minimum atomic E-state index is 0.478. The number of aromatic nitrogens is 2. The summed E-state index contributed by atoms with van der Waals surface area (Å²) in [5.41, 5.74) is 0. The van der Waals surface area contributed by atoms with Crippen LogP contribution in [0.4, 0.5) is 6.01 Å². The molecule has 0 saturated heterocycles. The highest BCUT2D eigenvalue weighted by Gasteiger charge is 2.00. The maximum atomic E-state index is 4.89. The van der Waals surface area contributed by atoms with Crippen LogP contribution in [0.15, 0.2) is 22.0 Å². The molecule has 0 saturated carbocycles. The van der Waals surface area contributed by atoms with Crippen molar-refractivity contribution < 1.29 is 4.52 Å². The van der Waals surface area contributed by atoms with Crippen LogP contribution in [0.3, 0.4) is 0 Å². The quantitative estimate of drug-likeness (QED) is 0.814. The number of aryl methyl sites for hydroxylation is 1. The molecule has 0 fully saturated rings. The lowest BCUT2D eigenvalue weighted by atomic mass is 10.5. The summed E-state index contributed by atoms with van der Waals surface area (Å²) in [6.45, 7) is 2.53. The summed E-state index contributed by atoms with van der Waals surface area (Å²) >= 11 is 1.70. The average Bonchev–Trinajstić information content (AvgIpc) is 2.71. The van der Waals surface area contributed by atoms with Gasteiger partial charge in [0.25, 0.3) is 0 Å². The molecule has 0 radical (unpaired) electrons. The van der Waals surface area contributed by atoms with Crippen molar-refractivity contribution in [2.24, 2.45) is 0 Å². The van der Waals surface area contributed by atoms with E-state index in [0.717, 1.165) is 6.54 Å². The van der Waals surface area contributed by atoms with Crippen molar-refractivity contribution in [3.05, 3.63) is 28.2 Å². The van der Waals surface area contributed by atoms with Gasteiger partial charge in [0.15, 0.2) is 5.82 Å². The van der Waals surface area contributed by atoms with Crippen molar-refractivity contribution in [3.63, 3.8) is 0 Å². The van der Waals surface area contributed by atoms with Crippen LogP contribution in [0, 0.1) is 6.92 Å². The Hall–Kier alpha value is -1.36. The van der Waals surface area contributed by atoms with Crippen LogP contribution in [0.1, 0.15) is 10.7 Å². The highest BCUT2D eigenvalue weighted by atomic mass is 32.1. The Balaban J connectivity index is 1.93. The van der Waals surface area contributed by atoms with Gasteiger partial charge in [-0.1, -0.05) is 11.2 Å². The van der Waals surface area contributed by atoms with E-state index in [2.05, 4.69) is 21.5 Å². The number of thiophene rings is 1. The third kappa shape index (κ3) is 2.06. The van der Waals surface area contributed by atoms with Crippen molar-refractivity contribution in [2.45, 2.75) is 13.5 Å². The Bertz CT molecular complexity index is 368. The smallest absolute Gasteiger partial charge is 0.321 e. The first kappa shape index (κ1) is 8.25. The van der Waals surface area contributed by atoms with E-state index in [1.54, 1.807) is 18.3 Å². The zero-order valence-electron chi connectivity index (χ0n) is 7.15. The van der Waals surface area contributed by atoms with Crippen LogP contribution in [-0.2, 0) is 6.54 Å². The van der Waals surface area contributed by atoms with Crippen molar-refractivity contribution in [1.82, 2.24) is 10.1 Å². The fraction of sp³-hybridized carbons (Fsp3) is 0.250. The number of nitrogens with one attached hydrogen (secondary N) is 1. The summed E-state index contributed by atoms with van der Waals surface area (Å²) in [5.74, 6) is 0.647. The van der Waals surface area contributed by atoms with Crippen molar-refractivity contribution in [2.75, 3.05) is 5.32 Å². The van der Waals surface area contributed by atoms with Gasteiger partial charge in [0.1, 0.15) is 0 Å². The predicted molar refractivity (Wildman–Crippen MR) is 50.7 cm³/mol. The molecule has 5 heteroatoms. The van der Waals surface area contributed by atoms with Gasteiger partial charge in [0, 0.05) is 4.88 Å². The van der Waals surface area contributed by atoms with Crippen molar-refractivity contribution in [1.29, 1.82) is 0 Å². The van der Waals surface area contributed by atoms with Crippen LogP contribution < -0.4 is 5.32 Å². The molecule has 0 aliphatic rings. The Morgan fingerprint density at radius 2 is 2.54 bits per heavy atom. The summed E-state index contributed by atoms with van der Waals surface area (Å²) in [5, 5.41) is 8.75. The van der Waals surface area contributed by atoms with Gasteiger partial charge in [-0.2, -0.15) is 4.98 Å². The number of nitrogens with zero attached hydrogens (tertiary/aromatic N) is 2. The average molecular weight is 195 g/mol. The lowest BCUT2D eigenvalue weighted by Gasteiger charge is -1.95. The first-order valence-electron chi connectivity index (χ1n) is 3.91. The number of anilines is 1. The molecule has 0 aromatic carbocycles. The fourth-order valence-corrected chi connectivity index (χ4v) is 1.59. The molecule has 0 spiro atoms. The van der Waals surface area contributed by atoms with E-state index in [1.165, 1.54) is 4.88 Å². The maximum absolute atomic E-state index is 4.89. The summed E-state index contributed by atoms with van der Waals surface area (Å²) in [6.07, 6.45) is 0. The van der Waals surface area contributed by atoms with Gasteiger partial charge in [-0.3, -0.25) is 0 Å². The zero-order chi connectivity index (χ0) is 9.10. The van der Waals surface area contributed by atoms with Gasteiger partial charge in [-0.05, 0) is 18.4 Å². The molecule has 1 N–H and O–H groups in total. The van der Waals surface area contributed by atoms with Crippen molar-refractivity contribution >= 4 is 17.4 Å². The highest BCUT2D eigenvalue weighted by Crippen LogP contribution is 2.11. The lowest BCUT2D eigenvalue weighted by Crippen LogP contribution is -1.97. The summed E-state index contributed by atoms with van der Waals surface area (Å²) in [7, 11) is 0. The molecule has 68 valence electrons. The van der Waals surface area contributed by atoms with E-state index < -0.39 is 0 Å². The molecule has 0 amide bonds. The zero-order valence-corrected chi connectivity index (χ0v) is 7.97. The summed E-state index contributed by atoms with van der Waals surface area (Å²) in [4.78, 5) is 5.27. The molecule has 0 bridgehead atoms. The second-order valence-corrected chi connectivity index (χ2v) is 3.61. The van der Waals surface area contributed by atoms with E-state index >= 15 is 0 Å². The van der Waals surface area contributed by atoms with E-state index in [9.17, 15) is 0 Å². The van der Waals surface area contributed by atoms with Crippen LogP contribution in [0.5, 0.6) is 0 Å². The molecule has 0 aliphatic heterocycles. The Labute approximate surface area is 79.6 Å². The molecular formula is C8H9N3OS. The Morgan fingerprint density at radius 1 is 1.62 bits per heavy atom. The van der Waals surface area contributed by atoms with Gasteiger partial charge < -0.3 is 9.84 Å². The molecule has 0 aliphatic carbocycles. The van der Waals surface area contributed by atoms with Gasteiger partial charge in [0.2, 0.25) is 0 Å². The number of hydrogen-bond acceptors (Lipinski definition) is 5. The topological polar surface area (TPSA) is 51.0 Å². The minimum Gasteiger partial charge on any atom is -0.333 e. The first-order chi connectivity index (χ1) is 6.34. The second kappa shape index (κ2) is 3.57. The normalized spacial score (nSPS) is 10.2. The molecule has 0 atom stereocenters. The first-order valence-corrected chi connectivity index (χ1v) is 4.79. The van der Waals surface area contributed by atoms with Gasteiger partial charge in [-0.15, -0.1) is 11.3 Å². The summed E-state index contributed by atoms with van der Waals surface area (Å²) < 4.78 is 4.89. The standard InChI is InChI=1S/C8H9N3OS/c1-6-10-8(12-11-6)9-5-7-3-2-4-13-7/h2-4H,5H2,1H3,(H,9,10,11). The van der Waals surface area contributed by atoms with E-state index in [-0.39, 0.29) is 0 Å². The molecule has 2 rings (SSSR count). The minimum absolute atomic E-state index is 0.478. The predicted octanol–water partition coefficient (Wildman–Crippen LogP) is 2.05. The highest BCUT2D eigenvalue weighted by molar-refractivity contribution is 7.09. The second-order valence-electron chi connectivity index (χ2n) is 2.58. The summed E-state index contributed by atoms with van der Waals surface area (Å²) in [6, 6.07) is 4.55. The van der Waals surface area contributed by atoms with Gasteiger partial charge in [-0.25, -0.2) is 0 Å². The SMILES string of the molecule is Cc1noc(NCc2cccs2)n1. The monoisotopic (exact) mass is 195 g/mol. The van der Waals surface area contributed by atoms with Crippen LogP contribution in [-0.4, -0.2) is 10.1 Å². The van der Waals surface area contributed by atoms with E-state index in [4.69, 9.17) is 4.52 Å². The largest absolute Gasteiger partial charge is 0.333 e. The van der Waals surface area contributed by atoms with Crippen LogP contribution in [0.25, 0.3) is 0 Å². The molecule has 2 aromatic heterocycles.